The van der Waals surface area contributed by atoms with Crippen molar-refractivity contribution in [3.63, 3.8) is 0 Å². The Balaban J connectivity index is 0.000000788. The maximum Gasteiger partial charge on any atom is 2.00 e. The molecule has 0 saturated carbocycles. The van der Waals surface area contributed by atoms with Crippen LogP contribution in [0.25, 0.3) is 33.2 Å². The number of hydrogen-bond donors (Lipinski definition) is 1. The zero-order chi connectivity index (χ0) is 27.7. The smallest absolute Gasteiger partial charge is 0.391 e. The SMILES string of the molecule is CC(C)(C)c1ccnc(-c2[c-]c(C(C)(C)c3ccc4nc(N)c5ccc[c-]c5c4n3)ccc2)n1.CC(C)C.[Pt+2]. The zero-order valence-corrected chi connectivity index (χ0v) is 26.3. The Morgan fingerprint density at radius 1 is 0.821 bits per heavy atom. The minimum Gasteiger partial charge on any atom is -0.391 e. The van der Waals surface area contributed by atoms with Crippen molar-refractivity contribution in [3.8, 4) is 11.4 Å². The Bertz CT molecular complexity index is 1580. The van der Waals surface area contributed by atoms with Crippen molar-refractivity contribution in [2.75, 3.05) is 5.73 Å². The molecule has 3 aromatic heterocycles. The Kier molecular flexibility index (Phi) is 9.28. The monoisotopic (exact) mass is 698 g/mol. The summed E-state index contributed by atoms with van der Waals surface area (Å²) in [6.07, 6.45) is 1.82. The molecule has 0 saturated heterocycles. The van der Waals surface area contributed by atoms with Crippen LogP contribution in [-0.4, -0.2) is 19.9 Å². The van der Waals surface area contributed by atoms with E-state index in [2.05, 4.69) is 83.6 Å². The number of hydrogen-bond acceptors (Lipinski definition) is 5. The number of fused-ring (bicyclic) bond motifs is 3. The Hall–Kier alpha value is -3.17. The second-order valence-corrected chi connectivity index (χ2v) is 11.9. The molecule has 0 aliphatic heterocycles. The van der Waals surface area contributed by atoms with Crippen molar-refractivity contribution in [2.24, 2.45) is 5.92 Å². The van der Waals surface area contributed by atoms with Crippen molar-refractivity contribution in [2.45, 2.75) is 66.2 Å². The predicted molar refractivity (Wildman–Crippen MR) is 158 cm³/mol. The van der Waals surface area contributed by atoms with Gasteiger partial charge < -0.3 is 5.73 Å². The van der Waals surface area contributed by atoms with Gasteiger partial charge in [-0.15, -0.1) is 65.0 Å². The molecule has 0 unspecified atom stereocenters. The number of anilines is 1. The molecule has 2 aromatic carbocycles. The van der Waals surface area contributed by atoms with Crippen LogP contribution < -0.4 is 5.73 Å². The van der Waals surface area contributed by atoms with Gasteiger partial charge >= 0.3 is 21.1 Å². The van der Waals surface area contributed by atoms with Gasteiger partial charge in [0.25, 0.3) is 0 Å². The van der Waals surface area contributed by atoms with Gasteiger partial charge in [-0.25, -0.2) is 4.98 Å². The second-order valence-electron chi connectivity index (χ2n) is 11.9. The standard InChI is InChI=1S/C29H27N5.C4H10.Pt/c1-28(2,3)23-15-16-31-27(34-23)18-9-8-10-19(17-18)29(4,5)24-14-13-22-25(33-24)20-11-6-7-12-21(20)26(30)32-22;1-4(2)3;/h6-10,12-16H,1-5H3,(H2,30,32);4H,1-3H3;/q-2;;+2. The fourth-order valence-electron chi connectivity index (χ4n) is 4.12. The fraction of sp³-hybridized carbons (Fsp3) is 0.333. The number of aromatic nitrogens is 4. The van der Waals surface area contributed by atoms with E-state index in [4.69, 9.17) is 15.7 Å². The predicted octanol–water partition coefficient (Wildman–Crippen LogP) is 7.71. The maximum atomic E-state index is 6.17. The molecule has 6 heteroatoms. The first-order valence-electron chi connectivity index (χ1n) is 13.1. The van der Waals surface area contributed by atoms with Gasteiger partial charge in [-0.1, -0.05) is 60.8 Å². The van der Waals surface area contributed by atoms with Crippen molar-refractivity contribution >= 4 is 27.6 Å². The largest absolute Gasteiger partial charge is 2.00 e. The molecule has 2 N–H and O–H groups in total. The van der Waals surface area contributed by atoms with E-state index in [9.17, 15) is 0 Å². The van der Waals surface area contributed by atoms with E-state index in [1.807, 2.05) is 54.7 Å². The van der Waals surface area contributed by atoms with Gasteiger partial charge in [-0.2, -0.15) is 0 Å². The normalized spacial score (nSPS) is 11.7. The van der Waals surface area contributed by atoms with Crippen molar-refractivity contribution in [1.29, 1.82) is 0 Å². The third-order valence-corrected chi connectivity index (χ3v) is 6.26. The third-order valence-electron chi connectivity index (χ3n) is 6.26. The molecule has 0 amide bonds. The van der Waals surface area contributed by atoms with Gasteiger partial charge in [-0.05, 0) is 24.1 Å². The molecule has 0 atom stereocenters. The summed E-state index contributed by atoms with van der Waals surface area (Å²) in [5.41, 5.74) is 11.1. The van der Waals surface area contributed by atoms with E-state index in [1.54, 1.807) is 0 Å². The molecule has 0 spiro atoms. The van der Waals surface area contributed by atoms with Gasteiger partial charge in [0, 0.05) is 39.4 Å². The van der Waals surface area contributed by atoms with E-state index < -0.39 is 5.41 Å². The number of nitrogens with zero attached hydrogens (tertiary/aromatic N) is 4. The first-order chi connectivity index (χ1) is 17.9. The number of benzene rings is 2. The van der Waals surface area contributed by atoms with Gasteiger partial charge in [0.15, 0.2) is 0 Å². The summed E-state index contributed by atoms with van der Waals surface area (Å²) in [5.74, 6) is 2.00. The molecule has 5 aromatic rings. The van der Waals surface area contributed by atoms with Crippen molar-refractivity contribution < 1.29 is 21.1 Å². The topological polar surface area (TPSA) is 77.6 Å². The summed E-state index contributed by atoms with van der Waals surface area (Å²) in [6, 6.07) is 24.7. The number of nitrogen functional groups attached to an aromatic ring is 1. The minimum absolute atomic E-state index is 0. The number of nitrogens with two attached hydrogens (primary N) is 1. The first-order valence-corrected chi connectivity index (χ1v) is 13.1. The molecular weight excluding hydrogens is 661 g/mol. The molecule has 0 radical (unpaired) electrons. The van der Waals surface area contributed by atoms with Crippen molar-refractivity contribution in [3.05, 3.63) is 89.9 Å². The van der Waals surface area contributed by atoms with Crippen LogP contribution in [0.15, 0.2) is 60.8 Å². The second kappa shape index (κ2) is 11.9. The average molecular weight is 699 g/mol. The van der Waals surface area contributed by atoms with Crippen LogP contribution in [0.3, 0.4) is 0 Å². The van der Waals surface area contributed by atoms with E-state index in [0.29, 0.717) is 11.6 Å². The van der Waals surface area contributed by atoms with Gasteiger partial charge in [-0.3, -0.25) is 15.0 Å². The Morgan fingerprint density at radius 2 is 1.54 bits per heavy atom. The summed E-state index contributed by atoms with van der Waals surface area (Å²) in [7, 11) is 0. The Labute approximate surface area is 247 Å². The van der Waals surface area contributed by atoms with Crippen LogP contribution in [0.4, 0.5) is 5.82 Å². The third kappa shape index (κ3) is 6.70. The van der Waals surface area contributed by atoms with E-state index in [-0.39, 0.29) is 26.5 Å². The van der Waals surface area contributed by atoms with E-state index in [0.717, 1.165) is 50.2 Å². The zero-order valence-electron chi connectivity index (χ0n) is 24.0. The molecule has 5 rings (SSSR count). The number of pyridine rings is 2. The van der Waals surface area contributed by atoms with Crippen LogP contribution in [0.5, 0.6) is 0 Å². The van der Waals surface area contributed by atoms with Crippen LogP contribution in [0.1, 0.15) is 72.3 Å². The quantitative estimate of drug-likeness (QED) is 0.154. The maximum absolute atomic E-state index is 6.17. The van der Waals surface area contributed by atoms with Crippen LogP contribution in [-0.2, 0) is 31.9 Å². The van der Waals surface area contributed by atoms with Crippen LogP contribution >= 0.6 is 0 Å². The summed E-state index contributed by atoms with van der Waals surface area (Å²) in [6.45, 7) is 17.3. The summed E-state index contributed by atoms with van der Waals surface area (Å²) in [4.78, 5) is 18.9. The fourth-order valence-corrected chi connectivity index (χ4v) is 4.12. The van der Waals surface area contributed by atoms with Crippen LogP contribution in [0, 0.1) is 18.1 Å². The van der Waals surface area contributed by atoms with E-state index >= 15 is 0 Å². The van der Waals surface area contributed by atoms with Crippen molar-refractivity contribution in [1.82, 2.24) is 19.9 Å². The summed E-state index contributed by atoms with van der Waals surface area (Å²) >= 11 is 0. The molecule has 3 heterocycles. The van der Waals surface area contributed by atoms with Gasteiger partial charge in [0.2, 0.25) is 0 Å². The summed E-state index contributed by atoms with van der Waals surface area (Å²) < 4.78 is 0. The van der Waals surface area contributed by atoms with Crippen LogP contribution in [0.2, 0.25) is 0 Å². The first kappa shape index (κ1) is 30.4. The molecule has 39 heavy (non-hydrogen) atoms. The van der Waals surface area contributed by atoms with Gasteiger partial charge in [0.1, 0.15) is 0 Å². The molecule has 0 fully saturated rings. The van der Waals surface area contributed by atoms with Gasteiger partial charge in [0.05, 0.1) is 11.6 Å². The molecule has 5 nitrogen and oxygen atoms in total. The van der Waals surface area contributed by atoms with E-state index in [1.165, 1.54) is 0 Å². The molecule has 0 aliphatic carbocycles. The molecule has 204 valence electrons. The number of rotatable bonds is 3. The molecule has 0 bridgehead atoms. The average Bonchev–Trinajstić information content (AvgIpc) is 2.88. The molecule has 0 aliphatic rings. The Morgan fingerprint density at radius 3 is 2.23 bits per heavy atom. The molecular formula is C33H37N5Pt. The minimum atomic E-state index is -0.408. The summed E-state index contributed by atoms with van der Waals surface area (Å²) in [5, 5.41) is 1.75.